The third-order valence-corrected chi connectivity index (χ3v) is 11.7. The van der Waals surface area contributed by atoms with Crippen LogP contribution in [0.5, 0.6) is 0 Å². The van der Waals surface area contributed by atoms with Gasteiger partial charge in [-0.1, -0.05) is 45.3 Å². The Labute approximate surface area is 198 Å². The molecule has 0 spiro atoms. The number of ketones is 1. The van der Waals surface area contributed by atoms with Crippen LogP contribution in [0.25, 0.3) is 0 Å². The Hall–Kier alpha value is -1.65. The van der Waals surface area contributed by atoms with Gasteiger partial charge < -0.3 is 10.9 Å². The summed E-state index contributed by atoms with van der Waals surface area (Å²) in [5, 5.41) is 13.3. The molecule has 0 bridgehead atoms. The molecule has 0 aliphatic heterocycles. The average Bonchev–Trinajstić information content (AvgIpc) is 2.72. The van der Waals surface area contributed by atoms with Crippen molar-refractivity contribution < 1.29 is 14.8 Å². The lowest BCUT2D eigenvalue weighted by atomic mass is 9.37. The van der Waals surface area contributed by atoms with Crippen LogP contribution in [0.15, 0.2) is 16.8 Å². The van der Waals surface area contributed by atoms with Crippen molar-refractivity contribution in [3.05, 3.63) is 11.6 Å². The van der Waals surface area contributed by atoms with Gasteiger partial charge in [0.1, 0.15) is 0 Å². The highest BCUT2D eigenvalue weighted by molar-refractivity contribution is 5.96. The third kappa shape index (κ3) is 2.99. The average molecular weight is 455 g/mol. The van der Waals surface area contributed by atoms with E-state index in [9.17, 15) is 14.8 Å². The van der Waals surface area contributed by atoms with Crippen LogP contribution in [-0.4, -0.2) is 22.6 Å². The van der Waals surface area contributed by atoms with E-state index >= 15 is 0 Å². The van der Waals surface area contributed by atoms with Crippen molar-refractivity contribution >= 4 is 17.4 Å². The lowest BCUT2D eigenvalue weighted by Crippen LogP contribution is -2.63. The van der Waals surface area contributed by atoms with E-state index in [1.54, 1.807) is 0 Å². The van der Waals surface area contributed by atoms with E-state index in [2.05, 4.69) is 39.8 Å². The van der Waals surface area contributed by atoms with Crippen LogP contribution >= 0.6 is 0 Å². The zero-order valence-electron chi connectivity index (χ0n) is 21.1. The molecular formula is C28H42N2O3. The molecule has 4 fully saturated rings. The van der Waals surface area contributed by atoms with E-state index in [1.165, 1.54) is 12.0 Å². The monoisotopic (exact) mass is 454 g/mol. The Morgan fingerprint density at radius 3 is 2.36 bits per heavy atom. The third-order valence-electron chi connectivity index (χ3n) is 11.7. The van der Waals surface area contributed by atoms with Crippen molar-refractivity contribution in [3.8, 4) is 0 Å². The van der Waals surface area contributed by atoms with E-state index in [0.717, 1.165) is 57.1 Å². The smallest absolute Gasteiger partial charge is 0.220 e. The van der Waals surface area contributed by atoms with Crippen molar-refractivity contribution in [2.75, 3.05) is 0 Å². The second-order valence-electron chi connectivity index (χ2n) is 13.5. The molecule has 8 atom stereocenters. The number of hydrogen-bond acceptors (Lipinski definition) is 4. The van der Waals surface area contributed by atoms with Gasteiger partial charge in [-0.2, -0.15) is 0 Å². The molecule has 0 aromatic heterocycles. The number of fused-ring (bicyclic) bond motifs is 7. The zero-order valence-corrected chi connectivity index (χ0v) is 21.1. The summed E-state index contributed by atoms with van der Waals surface area (Å²) in [5.41, 5.74) is 7.82. The number of amides is 1. The summed E-state index contributed by atoms with van der Waals surface area (Å²) in [6, 6.07) is 0. The Bertz CT molecular complexity index is 951. The first-order valence-electron chi connectivity index (χ1n) is 13.1. The Balaban J connectivity index is 1.56. The molecule has 3 N–H and O–H groups in total. The Morgan fingerprint density at radius 1 is 1.00 bits per heavy atom. The first kappa shape index (κ1) is 23.1. The molecule has 5 rings (SSSR count). The predicted octanol–water partition coefficient (Wildman–Crippen LogP) is 5.50. The number of nitrogens with zero attached hydrogens (tertiary/aromatic N) is 1. The van der Waals surface area contributed by atoms with Gasteiger partial charge in [0.15, 0.2) is 5.78 Å². The molecule has 8 unspecified atom stereocenters. The normalized spacial score (nSPS) is 49.8. The first-order valence-corrected chi connectivity index (χ1v) is 13.1. The summed E-state index contributed by atoms with van der Waals surface area (Å²) in [6.45, 7) is 11.5. The maximum atomic E-state index is 14.1. The van der Waals surface area contributed by atoms with E-state index in [4.69, 9.17) is 5.73 Å². The van der Waals surface area contributed by atoms with Gasteiger partial charge in [0.2, 0.25) is 5.91 Å². The summed E-state index contributed by atoms with van der Waals surface area (Å²) in [6.07, 6.45) is 10.9. The molecule has 0 aromatic rings. The van der Waals surface area contributed by atoms with Gasteiger partial charge in [-0.15, -0.1) is 0 Å². The quantitative estimate of drug-likeness (QED) is 0.404. The first-order chi connectivity index (χ1) is 15.4. The van der Waals surface area contributed by atoms with Crippen molar-refractivity contribution in [1.82, 2.24) is 0 Å². The summed E-state index contributed by atoms with van der Waals surface area (Å²) < 4.78 is 0. The molecule has 5 aliphatic carbocycles. The highest BCUT2D eigenvalue weighted by Gasteiger charge is 2.66. The number of oxime groups is 1. The molecule has 0 aromatic carbocycles. The van der Waals surface area contributed by atoms with Gasteiger partial charge in [-0.05, 0) is 97.9 Å². The molecule has 0 saturated heterocycles. The predicted molar refractivity (Wildman–Crippen MR) is 129 cm³/mol. The van der Waals surface area contributed by atoms with Crippen molar-refractivity contribution in [3.63, 3.8) is 0 Å². The van der Waals surface area contributed by atoms with Crippen molar-refractivity contribution in [1.29, 1.82) is 0 Å². The molecule has 1 amide bonds. The zero-order chi connectivity index (χ0) is 24.0. The van der Waals surface area contributed by atoms with E-state index < -0.39 is 0 Å². The molecule has 5 nitrogen and oxygen atoms in total. The fraction of sp³-hybridized carbons (Fsp3) is 0.821. The number of carbonyl (C=O) groups is 2. The largest absolute Gasteiger partial charge is 0.411 e. The second kappa shape index (κ2) is 7.18. The van der Waals surface area contributed by atoms with Crippen LogP contribution in [0.1, 0.15) is 92.4 Å². The fourth-order valence-electron chi connectivity index (χ4n) is 10.0. The minimum Gasteiger partial charge on any atom is -0.411 e. The summed E-state index contributed by atoms with van der Waals surface area (Å²) in [7, 11) is 0. The fourth-order valence-corrected chi connectivity index (χ4v) is 10.0. The Kier molecular flexibility index (Phi) is 5.03. The molecule has 0 radical (unpaired) electrons. The number of primary amides is 1. The molecule has 0 heterocycles. The summed E-state index contributed by atoms with van der Waals surface area (Å²) in [4.78, 5) is 26.1. The molecule has 33 heavy (non-hydrogen) atoms. The van der Waals surface area contributed by atoms with Gasteiger partial charge in [-0.25, -0.2) is 0 Å². The number of nitrogens with two attached hydrogens (primary N) is 1. The van der Waals surface area contributed by atoms with E-state index in [-0.39, 0.29) is 39.4 Å². The van der Waals surface area contributed by atoms with Crippen LogP contribution in [0.4, 0.5) is 0 Å². The van der Waals surface area contributed by atoms with Gasteiger partial charge in [0.05, 0.1) is 5.71 Å². The SMILES string of the molecule is CC12CCC(C(N)=O)CC1C1=CC(=O)C3C(C)(CCC4C(C)(C)C(=NO)CCC43C)C1CC2. The van der Waals surface area contributed by atoms with E-state index in [0.29, 0.717) is 23.5 Å². The minimum atomic E-state index is -0.198. The molecule has 5 heteroatoms. The van der Waals surface area contributed by atoms with Crippen molar-refractivity contribution in [2.24, 2.45) is 62.1 Å². The van der Waals surface area contributed by atoms with Gasteiger partial charge in [-0.3, -0.25) is 9.59 Å². The minimum absolute atomic E-state index is 0.0110. The van der Waals surface area contributed by atoms with Crippen molar-refractivity contribution in [2.45, 2.75) is 92.4 Å². The van der Waals surface area contributed by atoms with Gasteiger partial charge >= 0.3 is 0 Å². The number of rotatable bonds is 1. The van der Waals surface area contributed by atoms with Crippen LogP contribution in [0.2, 0.25) is 0 Å². The Morgan fingerprint density at radius 2 is 1.70 bits per heavy atom. The van der Waals surface area contributed by atoms with Crippen LogP contribution < -0.4 is 5.73 Å². The molecule has 182 valence electrons. The van der Waals surface area contributed by atoms with Crippen LogP contribution in [0, 0.1) is 51.2 Å². The van der Waals surface area contributed by atoms with E-state index in [1.807, 2.05) is 6.08 Å². The van der Waals surface area contributed by atoms with Crippen LogP contribution in [0.3, 0.4) is 0 Å². The maximum absolute atomic E-state index is 14.1. The van der Waals surface area contributed by atoms with Gasteiger partial charge in [0.25, 0.3) is 0 Å². The second-order valence-corrected chi connectivity index (χ2v) is 13.5. The lowest BCUT2D eigenvalue weighted by Gasteiger charge is -2.66. The summed E-state index contributed by atoms with van der Waals surface area (Å²) in [5.74, 6) is 1.13. The van der Waals surface area contributed by atoms with Crippen LogP contribution in [-0.2, 0) is 9.59 Å². The number of carbonyl (C=O) groups excluding carboxylic acids is 2. The number of hydrogen-bond donors (Lipinski definition) is 2. The summed E-state index contributed by atoms with van der Waals surface area (Å²) >= 11 is 0. The number of allylic oxidation sites excluding steroid dienone is 2. The maximum Gasteiger partial charge on any atom is 0.220 e. The molecular weight excluding hydrogens is 412 g/mol. The molecule has 5 aliphatic rings. The highest BCUT2D eigenvalue weighted by Crippen LogP contribution is 2.70. The highest BCUT2D eigenvalue weighted by atomic mass is 16.4. The van der Waals surface area contributed by atoms with Gasteiger partial charge in [0, 0.05) is 17.3 Å². The molecule has 4 saturated carbocycles. The standard InChI is InChI=1S/C28H42N2O3/c1-25(2)21-8-12-27(4)18-7-11-26(3)10-6-16(24(29)32)14-19(26)17(18)15-20(31)23(27)28(21,5)13-9-22(25)30-33/h15-16,18-19,21,23,33H,6-14H2,1-5H3,(H2,29,32). The topological polar surface area (TPSA) is 92.8 Å². The lowest BCUT2D eigenvalue weighted by molar-refractivity contribution is -0.158.